The lowest BCUT2D eigenvalue weighted by atomic mass is 9.82. The van der Waals surface area contributed by atoms with Crippen molar-refractivity contribution in [3.63, 3.8) is 0 Å². The summed E-state index contributed by atoms with van der Waals surface area (Å²) in [6.45, 7) is 3.20. The van der Waals surface area contributed by atoms with E-state index in [9.17, 15) is 62.5 Å². The van der Waals surface area contributed by atoms with Crippen LogP contribution in [0.1, 0.15) is 82.2 Å². The lowest BCUT2D eigenvalue weighted by Gasteiger charge is -2.41. The maximum absolute atomic E-state index is 15.4. The second-order valence-corrected chi connectivity index (χ2v) is 19.2. The predicted molar refractivity (Wildman–Crippen MR) is 268 cm³/mol. The second kappa shape index (κ2) is 27.2. The van der Waals surface area contributed by atoms with Crippen LogP contribution in [0.2, 0.25) is 0 Å². The Balaban J connectivity index is 1.45. The van der Waals surface area contributed by atoms with Gasteiger partial charge in [0, 0.05) is 61.2 Å². The maximum atomic E-state index is 15.4. The Morgan fingerprint density at radius 3 is 2.03 bits per heavy atom. The number of hydrogen-bond donors (Lipinski definition) is 6. The van der Waals surface area contributed by atoms with Crippen LogP contribution in [-0.2, 0) is 65.8 Å². The van der Waals surface area contributed by atoms with E-state index in [2.05, 4.69) is 16.0 Å². The van der Waals surface area contributed by atoms with Gasteiger partial charge < -0.3 is 46.1 Å². The third-order valence-corrected chi connectivity index (χ3v) is 12.2. The fourth-order valence-electron chi connectivity index (χ4n) is 8.54. The molecule has 0 bridgehead atoms. The summed E-state index contributed by atoms with van der Waals surface area (Å²) in [6, 6.07) is 17.7. The molecule has 404 valence electrons. The summed E-state index contributed by atoms with van der Waals surface area (Å²) in [5.74, 6) is -12.5. The van der Waals surface area contributed by atoms with Crippen LogP contribution in [0.3, 0.4) is 0 Å². The van der Waals surface area contributed by atoms with Crippen molar-refractivity contribution >= 4 is 59.1 Å². The van der Waals surface area contributed by atoms with Crippen LogP contribution in [0.5, 0.6) is 0 Å². The Hall–Kier alpha value is -8.40. The lowest BCUT2D eigenvalue weighted by molar-refractivity contribution is -0.150. The lowest BCUT2D eigenvalue weighted by Crippen LogP contribution is -2.56. The number of halogens is 2. The molecule has 20 nitrogen and oxygen atoms in total. The van der Waals surface area contributed by atoms with Crippen molar-refractivity contribution in [1.29, 1.82) is 0 Å². The first-order valence-corrected chi connectivity index (χ1v) is 24.3. The smallest absolute Gasteiger partial charge is 0.306 e. The predicted octanol–water partition coefficient (Wildman–Crippen LogP) is 3.24. The van der Waals surface area contributed by atoms with Crippen molar-refractivity contribution in [2.45, 2.75) is 90.6 Å². The molecule has 0 saturated heterocycles. The number of Topliss-reactive ketones (excluding diaryl/α,β-unsaturated/α-hetero) is 1. The van der Waals surface area contributed by atoms with Gasteiger partial charge in [0.2, 0.25) is 29.5 Å². The largest absolute Gasteiger partial charge is 0.481 e. The number of aliphatic hydroxyl groups excluding tert-OH is 1. The Morgan fingerprint density at radius 2 is 1.42 bits per heavy atom. The van der Waals surface area contributed by atoms with E-state index in [1.807, 2.05) is 18.2 Å². The van der Waals surface area contributed by atoms with Crippen LogP contribution in [-0.4, -0.2) is 122 Å². The summed E-state index contributed by atoms with van der Waals surface area (Å²) in [6.07, 6.45) is 0.475. The highest BCUT2D eigenvalue weighted by molar-refractivity contribution is 6.14. The quantitative estimate of drug-likeness (QED) is 0.0271. The molecule has 7 N–H and O–H groups in total. The van der Waals surface area contributed by atoms with Crippen molar-refractivity contribution in [3.05, 3.63) is 132 Å². The second-order valence-electron chi connectivity index (χ2n) is 19.2. The van der Waals surface area contributed by atoms with Gasteiger partial charge in [-0.2, -0.15) is 0 Å². The molecule has 1 aromatic heterocycles. The van der Waals surface area contributed by atoms with Gasteiger partial charge in [-0.05, 0) is 53.6 Å². The van der Waals surface area contributed by atoms with Gasteiger partial charge in [-0.3, -0.25) is 52.8 Å². The minimum absolute atomic E-state index is 0.0120. The third-order valence-electron chi connectivity index (χ3n) is 12.2. The Kier molecular flexibility index (Phi) is 21.0. The first-order valence-electron chi connectivity index (χ1n) is 24.3. The Morgan fingerprint density at radius 1 is 0.789 bits per heavy atom. The summed E-state index contributed by atoms with van der Waals surface area (Å²) in [7, 11) is 0. The molecule has 2 heterocycles. The summed E-state index contributed by atoms with van der Waals surface area (Å²) < 4.78 is 37.0. The zero-order valence-electron chi connectivity index (χ0n) is 42.2. The van der Waals surface area contributed by atoms with Gasteiger partial charge in [0.25, 0.3) is 11.8 Å². The van der Waals surface area contributed by atoms with Crippen LogP contribution in [0.25, 0.3) is 11.1 Å². The van der Waals surface area contributed by atoms with E-state index in [4.69, 9.17) is 10.5 Å². The van der Waals surface area contributed by atoms with Gasteiger partial charge >= 0.3 is 11.9 Å². The summed E-state index contributed by atoms with van der Waals surface area (Å²) in [4.78, 5) is 132. The number of nitrogens with one attached hydrogen (secondary N) is 3. The van der Waals surface area contributed by atoms with Gasteiger partial charge in [-0.1, -0.05) is 81.4 Å². The molecule has 7 amide bonds. The molecule has 5 rings (SSSR count). The number of esters is 1. The summed E-state index contributed by atoms with van der Waals surface area (Å²) in [5.41, 5.74) is 6.56. The van der Waals surface area contributed by atoms with Crippen molar-refractivity contribution in [2.24, 2.45) is 17.1 Å². The number of aliphatic carboxylic acids is 1. The fraction of sp³-hybridized carbons (Fsp3) is 0.370. The van der Waals surface area contributed by atoms with Gasteiger partial charge in [0.15, 0.2) is 5.78 Å². The van der Waals surface area contributed by atoms with E-state index >= 15 is 4.39 Å². The first kappa shape index (κ1) is 58.5. The molecular weight excluding hydrogens is 993 g/mol. The first-order chi connectivity index (χ1) is 36.0. The van der Waals surface area contributed by atoms with Crippen LogP contribution < -0.4 is 21.7 Å². The number of nitrogens with zero attached hydrogens (tertiary/aromatic N) is 3. The van der Waals surface area contributed by atoms with Crippen molar-refractivity contribution in [1.82, 2.24) is 30.3 Å². The normalized spacial score (nSPS) is 13.8. The SMILES string of the molecule is CC(C)(C)[C@H](c1cc(-c2cc(F)ccc2F)cn1Cc1ccccc1)N(CC[C@H](NC(=O)[C@H](CC(N)=O)NC(=O)[C@H](CC(=O)O)CC(=O)OCc1ccccc1)C(=O)NCCCC(=O)CN1C(=O)C=CC1=O)C(=O)CO. The zero-order chi connectivity index (χ0) is 55.7. The molecule has 0 aliphatic carbocycles. The highest BCUT2D eigenvalue weighted by Crippen LogP contribution is 2.41. The van der Waals surface area contributed by atoms with E-state index in [0.717, 1.165) is 40.8 Å². The molecule has 1 aliphatic heterocycles. The van der Waals surface area contributed by atoms with Crippen LogP contribution in [0, 0.1) is 23.0 Å². The molecular formula is C54H61F2N7O13. The van der Waals surface area contributed by atoms with E-state index in [-0.39, 0.29) is 43.7 Å². The molecule has 0 saturated carbocycles. The number of primary amides is 1. The maximum Gasteiger partial charge on any atom is 0.306 e. The fourth-order valence-corrected chi connectivity index (χ4v) is 8.54. The molecule has 0 radical (unpaired) electrons. The van der Waals surface area contributed by atoms with Gasteiger partial charge in [-0.25, -0.2) is 8.78 Å². The number of aliphatic hydroxyl groups is 1. The van der Waals surface area contributed by atoms with E-state index in [0.29, 0.717) is 11.3 Å². The number of benzene rings is 3. The zero-order valence-corrected chi connectivity index (χ0v) is 42.2. The minimum atomic E-state index is -1.86. The van der Waals surface area contributed by atoms with Crippen LogP contribution in [0.4, 0.5) is 8.78 Å². The monoisotopic (exact) mass is 1050 g/mol. The summed E-state index contributed by atoms with van der Waals surface area (Å²) >= 11 is 0. The molecule has 1 aliphatic rings. The number of imide groups is 1. The molecule has 22 heteroatoms. The number of hydrogen-bond acceptors (Lipinski definition) is 12. The molecule has 4 atom stereocenters. The third kappa shape index (κ3) is 17.1. The van der Waals surface area contributed by atoms with E-state index in [1.165, 1.54) is 4.90 Å². The minimum Gasteiger partial charge on any atom is -0.481 e. The molecule has 76 heavy (non-hydrogen) atoms. The van der Waals surface area contributed by atoms with Crippen molar-refractivity contribution < 1.29 is 71.7 Å². The average molecular weight is 1050 g/mol. The number of carboxylic acid groups (broad SMARTS) is 1. The highest BCUT2D eigenvalue weighted by atomic mass is 19.1. The molecule has 3 aromatic carbocycles. The average Bonchev–Trinajstić information content (AvgIpc) is 3.92. The van der Waals surface area contributed by atoms with Crippen LogP contribution >= 0.6 is 0 Å². The van der Waals surface area contributed by atoms with Crippen LogP contribution in [0.15, 0.2) is 103 Å². The molecule has 0 unspecified atom stereocenters. The van der Waals surface area contributed by atoms with Crippen molar-refractivity contribution in [2.75, 3.05) is 26.2 Å². The van der Waals surface area contributed by atoms with Gasteiger partial charge in [-0.15, -0.1) is 0 Å². The number of carboxylic acids is 1. The molecule has 4 aromatic rings. The number of ketones is 1. The number of rotatable bonds is 28. The number of ether oxygens (including phenoxy) is 1. The number of carbonyl (C=O) groups is 10. The van der Waals surface area contributed by atoms with Crippen molar-refractivity contribution in [3.8, 4) is 11.1 Å². The Labute approximate surface area is 436 Å². The van der Waals surface area contributed by atoms with Gasteiger partial charge in [0.05, 0.1) is 37.8 Å². The number of aromatic nitrogens is 1. The molecule has 0 fully saturated rings. The number of nitrogens with two attached hydrogens (primary N) is 1. The van der Waals surface area contributed by atoms with Gasteiger partial charge in [0.1, 0.15) is 36.9 Å². The molecule has 0 spiro atoms. The summed E-state index contributed by atoms with van der Waals surface area (Å²) in [5, 5.41) is 27.5. The highest BCUT2D eigenvalue weighted by Gasteiger charge is 2.39. The number of carbonyl (C=O) groups excluding carboxylic acids is 9. The topological polar surface area (TPSA) is 294 Å². The van der Waals surface area contributed by atoms with E-state index in [1.54, 1.807) is 80.1 Å². The Bertz CT molecular complexity index is 2800. The van der Waals surface area contributed by atoms with E-state index < -0.39 is 146 Å². The number of amides is 7. The standard InChI is InChI=1S/C54H61F2N7O13/c1-54(2,3)50(43-23-36(39-26-37(55)16-17-40(39)56)29-61(43)28-33-11-6-4-7-12-33)62(47(69)31-64)22-20-41(52(74)58-21-10-15-38(65)30-63-45(67)18-19-46(63)68)59-53(75)42(27-44(57)66)60-51(73)35(24-48(70)71)25-49(72)76-32-34-13-8-5-9-14-34/h4-9,11-14,16-19,23,26,29,35,41-42,50,64H,10,15,20-22,24-25,27-28,30-32H2,1-3H3,(H2,57,66)(H,58,74)(H,59,75)(H,60,73)(H,70,71)/t35-,41+,42+,50+/m1/s1.